The number of hydrogen-bond acceptors (Lipinski definition) is 2. The second-order valence-corrected chi connectivity index (χ2v) is 14.1. The molecular weight excluding hydrogens is 669 g/mol. The topological polar surface area (TPSA) is 21.3 Å². The molecule has 258 valence electrons. The smallest absolute Gasteiger partial charge is 0.143 e. The summed E-state index contributed by atoms with van der Waals surface area (Å²) in [5.74, 6) is 0. The molecule has 0 unspecified atom stereocenters. The zero-order chi connectivity index (χ0) is 36.3. The zero-order valence-corrected chi connectivity index (χ0v) is 29.9. The van der Waals surface area contributed by atoms with Gasteiger partial charge in [-0.15, -0.1) is 0 Å². The van der Waals surface area contributed by atoms with E-state index in [0.29, 0.717) is 0 Å². The molecule has 0 aliphatic rings. The van der Waals surface area contributed by atoms with Crippen LogP contribution in [0.1, 0.15) is 0 Å². The second kappa shape index (κ2) is 12.6. The van der Waals surface area contributed by atoms with E-state index in [4.69, 9.17) is 4.42 Å². The van der Waals surface area contributed by atoms with Crippen molar-refractivity contribution in [3.8, 4) is 27.9 Å². The lowest BCUT2D eigenvalue weighted by Crippen LogP contribution is -2.10. The van der Waals surface area contributed by atoms with Crippen LogP contribution in [-0.2, 0) is 0 Å². The van der Waals surface area contributed by atoms with E-state index in [2.05, 4.69) is 216 Å². The van der Waals surface area contributed by atoms with Crippen molar-refractivity contribution in [2.45, 2.75) is 0 Å². The predicted molar refractivity (Wildman–Crippen MR) is 231 cm³/mol. The third-order valence-corrected chi connectivity index (χ3v) is 11.0. The summed E-state index contributed by atoms with van der Waals surface area (Å²) in [6.07, 6.45) is 0. The SMILES string of the molecule is c1ccc(-c2cccc3c2oc2cc(N(c4ccc(-c5cccc6ccccc56)cc4)c4cccc5c4c4ccccc4n5-c4ccccc4)ccc23)cc1. The monoisotopic (exact) mass is 702 g/mol. The van der Waals surface area contributed by atoms with Gasteiger partial charge >= 0.3 is 0 Å². The quantitative estimate of drug-likeness (QED) is 0.172. The Kier molecular flexibility index (Phi) is 7.17. The van der Waals surface area contributed by atoms with Gasteiger partial charge in [-0.3, -0.25) is 0 Å². The molecule has 2 aromatic heterocycles. The maximum absolute atomic E-state index is 6.81. The van der Waals surface area contributed by atoms with E-state index in [1.54, 1.807) is 0 Å². The maximum atomic E-state index is 6.81. The van der Waals surface area contributed by atoms with Crippen LogP contribution in [0.3, 0.4) is 0 Å². The Morgan fingerprint density at radius 1 is 0.400 bits per heavy atom. The molecule has 11 aromatic rings. The molecule has 0 N–H and O–H groups in total. The van der Waals surface area contributed by atoms with Crippen LogP contribution in [0.2, 0.25) is 0 Å². The van der Waals surface area contributed by atoms with Gasteiger partial charge in [-0.25, -0.2) is 0 Å². The normalized spacial score (nSPS) is 11.6. The number of hydrogen-bond donors (Lipinski definition) is 0. The first kappa shape index (κ1) is 31.2. The summed E-state index contributed by atoms with van der Waals surface area (Å²) in [7, 11) is 0. The lowest BCUT2D eigenvalue weighted by Gasteiger charge is -2.27. The highest BCUT2D eigenvalue weighted by Gasteiger charge is 2.22. The summed E-state index contributed by atoms with van der Waals surface area (Å²) in [5.41, 5.74) is 13.0. The van der Waals surface area contributed by atoms with Gasteiger partial charge in [-0.1, -0.05) is 146 Å². The van der Waals surface area contributed by atoms with E-state index in [0.717, 1.165) is 61.3 Å². The van der Waals surface area contributed by atoms with E-state index in [9.17, 15) is 0 Å². The molecule has 9 aromatic carbocycles. The summed E-state index contributed by atoms with van der Waals surface area (Å²) in [6, 6.07) is 73.8. The average molecular weight is 703 g/mol. The molecule has 0 atom stereocenters. The Morgan fingerprint density at radius 2 is 1.02 bits per heavy atom. The molecule has 3 heteroatoms. The van der Waals surface area contributed by atoms with Gasteiger partial charge in [0.1, 0.15) is 11.2 Å². The third kappa shape index (κ3) is 5.05. The predicted octanol–water partition coefficient (Wildman–Crippen LogP) is 14.6. The number of nitrogens with zero attached hydrogens (tertiary/aromatic N) is 2. The summed E-state index contributed by atoms with van der Waals surface area (Å²) in [4.78, 5) is 2.39. The fourth-order valence-corrected chi connectivity index (χ4v) is 8.51. The van der Waals surface area contributed by atoms with Crippen LogP contribution in [0.15, 0.2) is 211 Å². The van der Waals surface area contributed by atoms with Gasteiger partial charge in [0.15, 0.2) is 0 Å². The number of furan rings is 1. The number of rotatable bonds is 6. The summed E-state index contributed by atoms with van der Waals surface area (Å²) in [6.45, 7) is 0. The molecule has 0 saturated heterocycles. The van der Waals surface area contributed by atoms with Crippen LogP contribution in [0.4, 0.5) is 17.1 Å². The first-order valence-electron chi connectivity index (χ1n) is 18.8. The van der Waals surface area contributed by atoms with Gasteiger partial charge < -0.3 is 13.9 Å². The molecule has 0 amide bonds. The minimum Gasteiger partial charge on any atom is -0.455 e. The van der Waals surface area contributed by atoms with Gasteiger partial charge in [0, 0.05) is 50.2 Å². The van der Waals surface area contributed by atoms with Crippen LogP contribution in [0, 0.1) is 0 Å². The first-order chi connectivity index (χ1) is 27.3. The Balaban J connectivity index is 1.15. The molecule has 11 rings (SSSR count). The first-order valence-corrected chi connectivity index (χ1v) is 18.8. The molecular formula is C52H34N2O. The highest BCUT2D eigenvalue weighted by atomic mass is 16.3. The van der Waals surface area contributed by atoms with Crippen LogP contribution in [0.5, 0.6) is 0 Å². The lowest BCUT2D eigenvalue weighted by atomic mass is 9.98. The van der Waals surface area contributed by atoms with Crippen molar-refractivity contribution in [2.75, 3.05) is 4.90 Å². The molecule has 0 fully saturated rings. The van der Waals surface area contributed by atoms with Gasteiger partial charge in [-0.2, -0.15) is 0 Å². The minimum absolute atomic E-state index is 0.854. The van der Waals surface area contributed by atoms with Crippen molar-refractivity contribution < 1.29 is 4.42 Å². The average Bonchev–Trinajstić information content (AvgIpc) is 3.80. The fraction of sp³-hybridized carbons (Fsp3) is 0. The Labute approximate surface area is 318 Å². The van der Waals surface area contributed by atoms with Crippen molar-refractivity contribution in [1.29, 1.82) is 0 Å². The second-order valence-electron chi connectivity index (χ2n) is 14.1. The summed E-state index contributed by atoms with van der Waals surface area (Å²) >= 11 is 0. The largest absolute Gasteiger partial charge is 0.455 e. The fourth-order valence-electron chi connectivity index (χ4n) is 8.51. The zero-order valence-electron chi connectivity index (χ0n) is 29.9. The van der Waals surface area contributed by atoms with Gasteiger partial charge in [-0.05, 0) is 82.1 Å². The highest BCUT2D eigenvalue weighted by Crippen LogP contribution is 2.46. The van der Waals surface area contributed by atoms with Gasteiger partial charge in [0.2, 0.25) is 0 Å². The number of anilines is 3. The van der Waals surface area contributed by atoms with Crippen molar-refractivity contribution in [3.05, 3.63) is 206 Å². The molecule has 2 heterocycles. The molecule has 0 saturated carbocycles. The van der Waals surface area contributed by atoms with Crippen molar-refractivity contribution in [2.24, 2.45) is 0 Å². The van der Waals surface area contributed by atoms with E-state index in [1.807, 2.05) is 0 Å². The third-order valence-electron chi connectivity index (χ3n) is 11.0. The number of para-hydroxylation sites is 3. The van der Waals surface area contributed by atoms with E-state index in [1.165, 1.54) is 38.2 Å². The number of benzene rings is 9. The van der Waals surface area contributed by atoms with Crippen LogP contribution in [-0.4, -0.2) is 4.57 Å². The van der Waals surface area contributed by atoms with E-state index >= 15 is 0 Å². The maximum Gasteiger partial charge on any atom is 0.143 e. The molecule has 0 bridgehead atoms. The van der Waals surface area contributed by atoms with Crippen molar-refractivity contribution in [1.82, 2.24) is 4.57 Å². The van der Waals surface area contributed by atoms with Gasteiger partial charge in [0.05, 0.1) is 16.7 Å². The Bertz CT molecular complexity index is 3190. The Hall–Kier alpha value is -7.36. The minimum atomic E-state index is 0.854. The van der Waals surface area contributed by atoms with Crippen LogP contribution < -0.4 is 4.90 Å². The summed E-state index contributed by atoms with van der Waals surface area (Å²) < 4.78 is 9.19. The van der Waals surface area contributed by atoms with E-state index < -0.39 is 0 Å². The van der Waals surface area contributed by atoms with Gasteiger partial charge in [0.25, 0.3) is 0 Å². The molecule has 0 radical (unpaired) electrons. The molecule has 0 spiro atoms. The number of aromatic nitrogens is 1. The van der Waals surface area contributed by atoms with Crippen LogP contribution >= 0.6 is 0 Å². The molecule has 0 aliphatic carbocycles. The summed E-state index contributed by atoms with van der Waals surface area (Å²) in [5, 5.41) is 7.09. The van der Waals surface area contributed by atoms with Crippen molar-refractivity contribution >= 4 is 71.6 Å². The Morgan fingerprint density at radius 3 is 1.87 bits per heavy atom. The van der Waals surface area contributed by atoms with Crippen LogP contribution in [0.25, 0.3) is 82.5 Å². The van der Waals surface area contributed by atoms with Crippen molar-refractivity contribution in [3.63, 3.8) is 0 Å². The molecule has 55 heavy (non-hydrogen) atoms. The molecule has 0 aliphatic heterocycles. The lowest BCUT2D eigenvalue weighted by molar-refractivity contribution is 0.670. The van der Waals surface area contributed by atoms with E-state index in [-0.39, 0.29) is 0 Å². The standard InChI is InChI=1S/C52H34N2O/c1-3-14-36(15-4-1)43-23-12-24-45-44-33-32-40(34-50(44)55-52(43)45)53(39-30-28-37(29-31-39)42-22-11-17-35-16-7-8-20-41(35)42)48-26-13-27-49-51(48)46-21-9-10-25-47(46)54(49)38-18-5-2-6-19-38/h1-34H. The molecule has 3 nitrogen and oxygen atoms in total. The number of fused-ring (bicyclic) bond motifs is 7. The highest BCUT2D eigenvalue weighted by molar-refractivity contribution is 6.17.